The van der Waals surface area contributed by atoms with Crippen LogP contribution in [-0.2, 0) is 20.1 Å². The Morgan fingerprint density at radius 1 is 1.23 bits per heavy atom. The third-order valence-corrected chi connectivity index (χ3v) is 3.88. The molecule has 0 atom stereocenters. The van der Waals surface area contributed by atoms with Crippen LogP contribution in [0.4, 0.5) is 0 Å². The number of fused-ring (bicyclic) bond motifs is 1. The zero-order chi connectivity index (χ0) is 15.5. The lowest BCUT2D eigenvalue weighted by Gasteiger charge is -2.20. The summed E-state index contributed by atoms with van der Waals surface area (Å²) < 4.78 is 4.17. The van der Waals surface area contributed by atoms with E-state index >= 15 is 0 Å². The molecule has 0 aromatic carbocycles. The van der Waals surface area contributed by atoms with Gasteiger partial charge in [0.25, 0.3) is 0 Å². The molecule has 0 fully saturated rings. The Morgan fingerprint density at radius 3 is 2.82 bits per heavy atom. The maximum Gasteiger partial charge on any atom is 0.137 e. The SMILES string of the molecule is CCCN(Cc1cn2ccc(C)cc2n1)Cc1nccn1C. The molecule has 0 saturated carbocycles. The minimum atomic E-state index is 0.849. The van der Waals surface area contributed by atoms with Crippen molar-refractivity contribution in [3.05, 3.63) is 54.0 Å². The molecule has 0 aliphatic rings. The van der Waals surface area contributed by atoms with Crippen molar-refractivity contribution in [1.29, 1.82) is 0 Å². The first kappa shape index (κ1) is 14.8. The number of rotatable bonds is 6. The van der Waals surface area contributed by atoms with Gasteiger partial charge >= 0.3 is 0 Å². The zero-order valence-corrected chi connectivity index (χ0v) is 13.5. The second-order valence-corrected chi connectivity index (χ2v) is 5.87. The van der Waals surface area contributed by atoms with Crippen molar-refractivity contribution in [1.82, 2.24) is 23.8 Å². The van der Waals surface area contributed by atoms with Crippen LogP contribution < -0.4 is 0 Å². The fraction of sp³-hybridized carbons (Fsp3) is 0.412. The first-order valence-corrected chi connectivity index (χ1v) is 7.78. The minimum Gasteiger partial charge on any atom is -0.337 e. The van der Waals surface area contributed by atoms with Gasteiger partial charge in [-0.15, -0.1) is 0 Å². The predicted molar refractivity (Wildman–Crippen MR) is 87.5 cm³/mol. The molecule has 3 heterocycles. The molecule has 0 aliphatic carbocycles. The number of pyridine rings is 1. The molecule has 0 unspecified atom stereocenters. The fourth-order valence-electron chi connectivity index (χ4n) is 2.72. The molecule has 0 amide bonds. The van der Waals surface area contributed by atoms with Crippen LogP contribution in [0.15, 0.2) is 36.9 Å². The summed E-state index contributed by atoms with van der Waals surface area (Å²) in [5.74, 6) is 1.09. The van der Waals surface area contributed by atoms with Gasteiger partial charge in [0.1, 0.15) is 11.5 Å². The van der Waals surface area contributed by atoms with Crippen molar-refractivity contribution in [2.24, 2.45) is 7.05 Å². The zero-order valence-electron chi connectivity index (χ0n) is 13.5. The van der Waals surface area contributed by atoms with Crippen LogP contribution in [0.25, 0.3) is 5.65 Å². The summed E-state index contributed by atoms with van der Waals surface area (Å²) in [7, 11) is 2.04. The Bertz CT molecular complexity index is 755. The number of imidazole rings is 2. The lowest BCUT2D eigenvalue weighted by molar-refractivity contribution is 0.246. The third kappa shape index (κ3) is 3.20. The normalized spacial score (nSPS) is 11.6. The van der Waals surface area contributed by atoms with Gasteiger partial charge in [0.15, 0.2) is 0 Å². The van der Waals surface area contributed by atoms with Gasteiger partial charge in [-0.05, 0) is 37.6 Å². The highest BCUT2D eigenvalue weighted by molar-refractivity contribution is 5.42. The van der Waals surface area contributed by atoms with Gasteiger partial charge < -0.3 is 8.97 Å². The van der Waals surface area contributed by atoms with E-state index in [9.17, 15) is 0 Å². The molecule has 0 aliphatic heterocycles. The van der Waals surface area contributed by atoms with E-state index in [2.05, 4.69) is 57.2 Å². The number of aromatic nitrogens is 4. The van der Waals surface area contributed by atoms with Gasteiger partial charge in [-0.25, -0.2) is 9.97 Å². The smallest absolute Gasteiger partial charge is 0.137 e. The molecule has 3 aromatic rings. The standard InChI is InChI=1S/C17H23N5/c1-4-7-21(13-17-18-6-9-20(17)3)11-15-12-22-8-5-14(2)10-16(22)19-15/h5-6,8-10,12H,4,7,11,13H2,1-3H3. The molecule has 3 rings (SSSR count). The Morgan fingerprint density at radius 2 is 2.09 bits per heavy atom. The molecule has 3 aromatic heterocycles. The van der Waals surface area contributed by atoms with Crippen molar-refractivity contribution in [2.45, 2.75) is 33.4 Å². The highest BCUT2D eigenvalue weighted by Gasteiger charge is 2.11. The largest absolute Gasteiger partial charge is 0.337 e. The number of hydrogen-bond donors (Lipinski definition) is 0. The molecule has 5 heteroatoms. The van der Waals surface area contributed by atoms with Gasteiger partial charge in [0, 0.05) is 38.4 Å². The van der Waals surface area contributed by atoms with Crippen LogP contribution in [0.3, 0.4) is 0 Å². The number of hydrogen-bond acceptors (Lipinski definition) is 3. The number of nitrogens with zero attached hydrogens (tertiary/aromatic N) is 5. The second-order valence-electron chi connectivity index (χ2n) is 5.87. The molecule has 0 N–H and O–H groups in total. The maximum absolute atomic E-state index is 4.74. The summed E-state index contributed by atoms with van der Waals surface area (Å²) in [5.41, 5.74) is 3.36. The summed E-state index contributed by atoms with van der Waals surface area (Å²) in [5, 5.41) is 0. The Balaban J connectivity index is 1.78. The summed E-state index contributed by atoms with van der Waals surface area (Å²) >= 11 is 0. The molecule has 5 nitrogen and oxygen atoms in total. The van der Waals surface area contributed by atoms with E-state index in [1.54, 1.807) is 0 Å². The third-order valence-electron chi connectivity index (χ3n) is 3.88. The molecule has 0 spiro atoms. The molecule has 22 heavy (non-hydrogen) atoms. The minimum absolute atomic E-state index is 0.849. The van der Waals surface area contributed by atoms with E-state index in [0.29, 0.717) is 0 Å². The van der Waals surface area contributed by atoms with Gasteiger partial charge in [0.05, 0.1) is 12.2 Å². The summed E-state index contributed by atoms with van der Waals surface area (Å²) in [6, 6.07) is 4.22. The fourth-order valence-corrected chi connectivity index (χ4v) is 2.72. The van der Waals surface area contributed by atoms with E-state index in [1.807, 2.05) is 19.4 Å². The highest BCUT2D eigenvalue weighted by atomic mass is 15.2. The predicted octanol–water partition coefficient (Wildman–Crippen LogP) is 2.79. The van der Waals surface area contributed by atoms with Gasteiger partial charge in [-0.3, -0.25) is 4.90 Å². The second kappa shape index (κ2) is 6.32. The van der Waals surface area contributed by atoms with E-state index in [4.69, 9.17) is 4.98 Å². The molecular formula is C17H23N5. The Labute approximate surface area is 131 Å². The maximum atomic E-state index is 4.74. The highest BCUT2D eigenvalue weighted by Crippen LogP contribution is 2.12. The van der Waals surface area contributed by atoms with E-state index in [-0.39, 0.29) is 0 Å². The van der Waals surface area contributed by atoms with Crippen LogP contribution in [0.2, 0.25) is 0 Å². The Kier molecular flexibility index (Phi) is 4.24. The van der Waals surface area contributed by atoms with E-state index < -0.39 is 0 Å². The van der Waals surface area contributed by atoms with Gasteiger partial charge in [-0.2, -0.15) is 0 Å². The Hall–Kier alpha value is -2.14. The summed E-state index contributed by atoms with van der Waals surface area (Å²) in [6.45, 7) is 7.04. The number of aryl methyl sites for hydroxylation is 2. The van der Waals surface area contributed by atoms with Crippen molar-refractivity contribution in [3.8, 4) is 0 Å². The van der Waals surface area contributed by atoms with E-state index in [1.165, 1.54) is 5.56 Å². The van der Waals surface area contributed by atoms with Gasteiger partial charge in [-0.1, -0.05) is 6.92 Å². The van der Waals surface area contributed by atoms with Crippen molar-refractivity contribution in [3.63, 3.8) is 0 Å². The average Bonchev–Trinajstić information content (AvgIpc) is 3.05. The molecular weight excluding hydrogens is 274 g/mol. The lowest BCUT2D eigenvalue weighted by atomic mass is 10.3. The van der Waals surface area contributed by atoms with Crippen LogP contribution in [-0.4, -0.2) is 30.4 Å². The van der Waals surface area contributed by atoms with Crippen LogP contribution in [0.5, 0.6) is 0 Å². The van der Waals surface area contributed by atoms with Crippen LogP contribution >= 0.6 is 0 Å². The monoisotopic (exact) mass is 297 g/mol. The summed E-state index contributed by atoms with van der Waals surface area (Å²) in [6.07, 6.45) is 9.16. The van der Waals surface area contributed by atoms with Crippen LogP contribution in [0, 0.1) is 6.92 Å². The van der Waals surface area contributed by atoms with E-state index in [0.717, 1.165) is 43.2 Å². The summed E-state index contributed by atoms with van der Waals surface area (Å²) in [4.78, 5) is 11.6. The molecule has 0 radical (unpaired) electrons. The molecule has 0 saturated heterocycles. The topological polar surface area (TPSA) is 38.4 Å². The van der Waals surface area contributed by atoms with Crippen LogP contribution in [0.1, 0.15) is 30.4 Å². The first-order valence-electron chi connectivity index (χ1n) is 7.78. The lowest BCUT2D eigenvalue weighted by Crippen LogP contribution is -2.25. The quantitative estimate of drug-likeness (QED) is 0.702. The molecule has 116 valence electrons. The average molecular weight is 297 g/mol. The van der Waals surface area contributed by atoms with Gasteiger partial charge in [0.2, 0.25) is 0 Å². The molecule has 0 bridgehead atoms. The van der Waals surface area contributed by atoms with Crippen molar-refractivity contribution in [2.75, 3.05) is 6.54 Å². The van der Waals surface area contributed by atoms with Crippen molar-refractivity contribution >= 4 is 5.65 Å². The van der Waals surface area contributed by atoms with Crippen molar-refractivity contribution < 1.29 is 0 Å². The first-order chi connectivity index (χ1) is 10.7.